The molecule has 0 spiro atoms. The van der Waals surface area contributed by atoms with E-state index >= 15 is 0 Å². The summed E-state index contributed by atoms with van der Waals surface area (Å²) < 4.78 is 0. The SMILES string of the molecule is CC(C)N(CCNC1CC(N)C1)C(C)C. The molecule has 15 heavy (non-hydrogen) atoms. The molecule has 3 N–H and O–H groups in total. The molecule has 0 amide bonds. The zero-order valence-electron chi connectivity index (χ0n) is 10.7. The van der Waals surface area contributed by atoms with Gasteiger partial charge in [0.1, 0.15) is 0 Å². The van der Waals surface area contributed by atoms with Gasteiger partial charge in [-0.05, 0) is 40.5 Å². The molecule has 0 atom stereocenters. The van der Waals surface area contributed by atoms with Crippen molar-refractivity contribution in [3.63, 3.8) is 0 Å². The standard InChI is InChI=1S/C12H27N3/c1-9(2)15(10(3)4)6-5-14-12-7-11(13)8-12/h9-12,14H,5-8,13H2,1-4H3. The van der Waals surface area contributed by atoms with Crippen molar-refractivity contribution in [1.29, 1.82) is 0 Å². The molecule has 0 radical (unpaired) electrons. The summed E-state index contributed by atoms with van der Waals surface area (Å²) in [7, 11) is 0. The zero-order valence-corrected chi connectivity index (χ0v) is 10.7. The third kappa shape index (κ3) is 4.09. The Balaban J connectivity index is 2.11. The van der Waals surface area contributed by atoms with Crippen LogP contribution in [0.5, 0.6) is 0 Å². The monoisotopic (exact) mass is 213 g/mol. The van der Waals surface area contributed by atoms with Crippen molar-refractivity contribution in [2.45, 2.75) is 64.7 Å². The van der Waals surface area contributed by atoms with E-state index in [1.165, 1.54) is 0 Å². The van der Waals surface area contributed by atoms with E-state index < -0.39 is 0 Å². The molecule has 3 nitrogen and oxygen atoms in total. The fourth-order valence-corrected chi connectivity index (χ4v) is 2.34. The molecule has 0 unspecified atom stereocenters. The number of nitrogens with one attached hydrogen (secondary N) is 1. The van der Waals surface area contributed by atoms with Gasteiger partial charge in [0.05, 0.1) is 0 Å². The minimum atomic E-state index is 0.453. The Kier molecular flexibility index (Phi) is 5.03. The molecule has 1 aliphatic rings. The normalized spacial score (nSPS) is 26.4. The molecule has 1 saturated carbocycles. The highest BCUT2D eigenvalue weighted by atomic mass is 15.2. The van der Waals surface area contributed by atoms with Crippen molar-refractivity contribution in [3.05, 3.63) is 0 Å². The smallest absolute Gasteiger partial charge is 0.0112 e. The van der Waals surface area contributed by atoms with E-state index in [9.17, 15) is 0 Å². The van der Waals surface area contributed by atoms with Crippen molar-refractivity contribution in [2.24, 2.45) is 5.73 Å². The summed E-state index contributed by atoms with van der Waals surface area (Å²) >= 11 is 0. The lowest BCUT2D eigenvalue weighted by Gasteiger charge is -2.35. The Hall–Kier alpha value is -0.120. The van der Waals surface area contributed by atoms with Gasteiger partial charge in [-0.25, -0.2) is 0 Å². The maximum Gasteiger partial charge on any atom is 0.0112 e. The lowest BCUT2D eigenvalue weighted by Crippen LogP contribution is -2.51. The van der Waals surface area contributed by atoms with Crippen LogP contribution in [0.25, 0.3) is 0 Å². The van der Waals surface area contributed by atoms with E-state index in [0.717, 1.165) is 25.9 Å². The lowest BCUT2D eigenvalue weighted by atomic mass is 9.88. The van der Waals surface area contributed by atoms with Crippen LogP contribution in [0.4, 0.5) is 0 Å². The first-order chi connectivity index (χ1) is 7.00. The van der Waals surface area contributed by atoms with E-state index in [1.807, 2.05) is 0 Å². The molecule has 0 aromatic heterocycles. The van der Waals surface area contributed by atoms with Gasteiger partial charge in [-0.1, -0.05) is 0 Å². The van der Waals surface area contributed by atoms with Crippen LogP contribution in [0.15, 0.2) is 0 Å². The second kappa shape index (κ2) is 5.83. The molecular weight excluding hydrogens is 186 g/mol. The van der Waals surface area contributed by atoms with E-state index in [1.54, 1.807) is 0 Å². The van der Waals surface area contributed by atoms with Gasteiger partial charge in [-0.2, -0.15) is 0 Å². The summed E-state index contributed by atoms with van der Waals surface area (Å²) in [6, 6.07) is 2.40. The topological polar surface area (TPSA) is 41.3 Å². The predicted molar refractivity (Wildman–Crippen MR) is 66.0 cm³/mol. The van der Waals surface area contributed by atoms with Crippen LogP contribution in [0.2, 0.25) is 0 Å². The quantitative estimate of drug-likeness (QED) is 0.696. The van der Waals surface area contributed by atoms with Crippen LogP contribution in [-0.2, 0) is 0 Å². The van der Waals surface area contributed by atoms with Gasteiger partial charge >= 0.3 is 0 Å². The first-order valence-electron chi connectivity index (χ1n) is 6.25. The fourth-order valence-electron chi connectivity index (χ4n) is 2.34. The minimum absolute atomic E-state index is 0.453. The van der Waals surface area contributed by atoms with E-state index in [2.05, 4.69) is 37.9 Å². The molecule has 0 aromatic rings. The molecule has 0 aliphatic heterocycles. The van der Waals surface area contributed by atoms with Crippen molar-refractivity contribution in [1.82, 2.24) is 10.2 Å². The van der Waals surface area contributed by atoms with Gasteiger partial charge in [-0.3, -0.25) is 4.90 Å². The molecule has 0 heterocycles. The minimum Gasteiger partial charge on any atom is -0.328 e. The second-order valence-electron chi connectivity index (χ2n) is 5.31. The van der Waals surface area contributed by atoms with E-state index in [4.69, 9.17) is 5.73 Å². The van der Waals surface area contributed by atoms with Crippen LogP contribution >= 0.6 is 0 Å². The largest absolute Gasteiger partial charge is 0.328 e. The third-order valence-electron chi connectivity index (χ3n) is 3.30. The molecule has 90 valence electrons. The Morgan fingerprint density at radius 2 is 1.73 bits per heavy atom. The van der Waals surface area contributed by atoms with Crippen LogP contribution in [0, 0.1) is 0 Å². The highest BCUT2D eigenvalue weighted by molar-refractivity contribution is 4.87. The molecule has 0 saturated heterocycles. The molecule has 0 aromatic carbocycles. The molecule has 0 bridgehead atoms. The molecular formula is C12H27N3. The summed E-state index contributed by atoms with van der Waals surface area (Å²) in [4.78, 5) is 2.52. The maximum atomic E-state index is 5.75. The molecule has 1 rings (SSSR count). The van der Waals surface area contributed by atoms with Gasteiger partial charge in [0, 0.05) is 37.3 Å². The second-order valence-corrected chi connectivity index (χ2v) is 5.31. The highest BCUT2D eigenvalue weighted by Crippen LogP contribution is 2.16. The zero-order chi connectivity index (χ0) is 11.4. The number of nitrogens with two attached hydrogens (primary N) is 1. The first-order valence-corrected chi connectivity index (χ1v) is 6.25. The number of rotatable bonds is 6. The van der Waals surface area contributed by atoms with Gasteiger partial charge < -0.3 is 11.1 Å². The Morgan fingerprint density at radius 1 is 1.20 bits per heavy atom. The summed E-state index contributed by atoms with van der Waals surface area (Å²) in [6.45, 7) is 11.3. The van der Waals surface area contributed by atoms with Gasteiger partial charge in [0.25, 0.3) is 0 Å². The van der Waals surface area contributed by atoms with Crippen molar-refractivity contribution < 1.29 is 0 Å². The highest BCUT2D eigenvalue weighted by Gasteiger charge is 2.25. The maximum absolute atomic E-state index is 5.75. The summed E-state index contributed by atoms with van der Waals surface area (Å²) in [5.41, 5.74) is 5.75. The number of hydrogen-bond donors (Lipinski definition) is 2. The predicted octanol–water partition coefficient (Wildman–Crippen LogP) is 1.18. The molecule has 1 fully saturated rings. The Labute approximate surface area is 94.4 Å². The summed E-state index contributed by atoms with van der Waals surface area (Å²) in [5, 5.41) is 3.57. The number of hydrogen-bond acceptors (Lipinski definition) is 3. The van der Waals surface area contributed by atoms with Gasteiger partial charge in [0.2, 0.25) is 0 Å². The summed E-state index contributed by atoms with van der Waals surface area (Å²) in [6.07, 6.45) is 2.31. The summed E-state index contributed by atoms with van der Waals surface area (Å²) in [5.74, 6) is 0. The number of nitrogens with zero attached hydrogens (tertiary/aromatic N) is 1. The van der Waals surface area contributed by atoms with Crippen LogP contribution in [-0.4, -0.2) is 42.2 Å². The van der Waals surface area contributed by atoms with Gasteiger partial charge in [0.15, 0.2) is 0 Å². The van der Waals surface area contributed by atoms with Crippen LogP contribution in [0.1, 0.15) is 40.5 Å². The third-order valence-corrected chi connectivity index (χ3v) is 3.30. The lowest BCUT2D eigenvalue weighted by molar-refractivity contribution is 0.168. The van der Waals surface area contributed by atoms with Crippen molar-refractivity contribution in [2.75, 3.05) is 13.1 Å². The van der Waals surface area contributed by atoms with Crippen molar-refractivity contribution >= 4 is 0 Å². The van der Waals surface area contributed by atoms with Crippen molar-refractivity contribution in [3.8, 4) is 0 Å². The Morgan fingerprint density at radius 3 is 2.13 bits per heavy atom. The average Bonchev–Trinajstić information content (AvgIpc) is 2.07. The fraction of sp³-hybridized carbons (Fsp3) is 1.00. The van der Waals surface area contributed by atoms with Crippen LogP contribution < -0.4 is 11.1 Å². The first kappa shape index (κ1) is 12.9. The van der Waals surface area contributed by atoms with Crippen LogP contribution in [0.3, 0.4) is 0 Å². The average molecular weight is 213 g/mol. The Bertz CT molecular complexity index is 166. The molecule has 1 aliphatic carbocycles. The van der Waals surface area contributed by atoms with Gasteiger partial charge in [-0.15, -0.1) is 0 Å². The molecule has 3 heteroatoms. The van der Waals surface area contributed by atoms with E-state index in [0.29, 0.717) is 24.2 Å². The van der Waals surface area contributed by atoms with E-state index in [-0.39, 0.29) is 0 Å².